The lowest BCUT2D eigenvalue weighted by Crippen LogP contribution is -2.54. The second-order valence-electron chi connectivity index (χ2n) is 10.4. The molecule has 3 amide bonds. The molecule has 2 bridgehead atoms. The molecule has 0 aliphatic carbocycles. The van der Waals surface area contributed by atoms with Crippen molar-refractivity contribution in [2.75, 3.05) is 25.6 Å². The van der Waals surface area contributed by atoms with Crippen LogP contribution < -0.4 is 15.4 Å². The Kier molecular flexibility index (Phi) is 8.25. The second kappa shape index (κ2) is 11.7. The molecule has 208 valence electrons. The number of hydrogen-bond donors (Lipinski definition) is 3. The lowest BCUT2D eigenvalue weighted by atomic mass is 9.70. The molecule has 1 spiro atoms. The number of ether oxygens (including phenoxy) is 2. The molecule has 3 heterocycles. The molecule has 0 saturated carbocycles. The van der Waals surface area contributed by atoms with E-state index in [4.69, 9.17) is 9.47 Å². The van der Waals surface area contributed by atoms with Gasteiger partial charge in [-0.2, -0.15) is 0 Å². The van der Waals surface area contributed by atoms with Gasteiger partial charge in [-0.15, -0.1) is 0 Å². The van der Waals surface area contributed by atoms with Gasteiger partial charge in [-0.1, -0.05) is 46.3 Å². The number of aliphatic hydroxyl groups is 1. The molecule has 0 aromatic heterocycles. The summed E-state index contributed by atoms with van der Waals surface area (Å²) in [7, 11) is 1.57. The molecule has 2 aromatic carbocycles. The first-order chi connectivity index (χ1) is 18.9. The zero-order valence-electron chi connectivity index (χ0n) is 21.8. The van der Waals surface area contributed by atoms with Crippen LogP contribution in [0.4, 0.5) is 5.69 Å². The van der Waals surface area contributed by atoms with Crippen molar-refractivity contribution in [3.05, 3.63) is 60.2 Å². The average molecular weight is 601 g/mol. The van der Waals surface area contributed by atoms with E-state index in [1.807, 2.05) is 30.3 Å². The number of amides is 3. The number of nitrogens with zero attached hydrogens (tertiary/aromatic N) is 1. The van der Waals surface area contributed by atoms with Gasteiger partial charge in [-0.05, 0) is 55.5 Å². The molecular formula is C29H34BrN3O6. The number of methoxy groups -OCH3 is 1. The van der Waals surface area contributed by atoms with Gasteiger partial charge < -0.3 is 30.1 Å². The highest BCUT2D eigenvalue weighted by Crippen LogP contribution is 2.60. The van der Waals surface area contributed by atoms with E-state index >= 15 is 0 Å². The number of carbonyl (C=O) groups excluding carboxylic acids is 3. The smallest absolute Gasteiger partial charge is 0.250 e. The van der Waals surface area contributed by atoms with Crippen LogP contribution in [0.25, 0.3) is 0 Å². The molecule has 2 aromatic rings. The molecular weight excluding hydrogens is 566 g/mol. The summed E-state index contributed by atoms with van der Waals surface area (Å²) in [5, 5.41) is 15.2. The first-order valence-electron chi connectivity index (χ1n) is 13.4. The van der Waals surface area contributed by atoms with Crippen molar-refractivity contribution in [2.45, 2.75) is 54.8 Å². The first-order valence-corrected chi connectivity index (χ1v) is 14.3. The Bertz CT molecular complexity index is 1200. The Morgan fingerprint density at radius 3 is 2.54 bits per heavy atom. The van der Waals surface area contributed by atoms with Gasteiger partial charge in [0.1, 0.15) is 17.4 Å². The van der Waals surface area contributed by atoms with Gasteiger partial charge in [0.2, 0.25) is 17.7 Å². The van der Waals surface area contributed by atoms with E-state index in [0.29, 0.717) is 43.8 Å². The Balaban J connectivity index is 1.41. The highest BCUT2D eigenvalue weighted by Gasteiger charge is 2.76. The number of rotatable bonds is 11. The summed E-state index contributed by atoms with van der Waals surface area (Å²) in [6, 6.07) is 15.7. The van der Waals surface area contributed by atoms with Crippen molar-refractivity contribution in [1.29, 1.82) is 0 Å². The predicted molar refractivity (Wildman–Crippen MR) is 148 cm³/mol. The third-order valence-electron chi connectivity index (χ3n) is 8.06. The van der Waals surface area contributed by atoms with Crippen molar-refractivity contribution >= 4 is 39.3 Å². The third kappa shape index (κ3) is 5.17. The van der Waals surface area contributed by atoms with Crippen LogP contribution in [-0.2, 0) is 25.7 Å². The Morgan fingerprint density at radius 2 is 1.85 bits per heavy atom. The fourth-order valence-electron chi connectivity index (χ4n) is 6.33. The quantitative estimate of drug-likeness (QED) is 0.270. The summed E-state index contributed by atoms with van der Waals surface area (Å²) < 4.78 is 11.7. The number of halogens is 1. The largest absolute Gasteiger partial charge is 0.497 e. The van der Waals surface area contributed by atoms with E-state index in [2.05, 4.69) is 26.6 Å². The highest BCUT2D eigenvalue weighted by molar-refractivity contribution is 9.09. The molecule has 10 heteroatoms. The molecule has 6 atom stereocenters. The summed E-state index contributed by atoms with van der Waals surface area (Å²) >= 11 is 3.70. The minimum atomic E-state index is -1.11. The molecule has 3 aliphatic heterocycles. The number of anilines is 1. The van der Waals surface area contributed by atoms with E-state index in [1.54, 1.807) is 36.3 Å². The zero-order chi connectivity index (χ0) is 27.6. The van der Waals surface area contributed by atoms with Crippen LogP contribution in [0.3, 0.4) is 0 Å². The molecule has 3 unspecified atom stereocenters. The van der Waals surface area contributed by atoms with Crippen LogP contribution in [0, 0.1) is 11.8 Å². The lowest BCUT2D eigenvalue weighted by molar-refractivity contribution is -0.140. The topological polar surface area (TPSA) is 117 Å². The molecule has 39 heavy (non-hydrogen) atoms. The molecule has 3 saturated heterocycles. The third-order valence-corrected chi connectivity index (χ3v) is 8.91. The Hall–Kier alpha value is -2.95. The molecule has 0 radical (unpaired) electrons. The molecule has 3 fully saturated rings. The maximum Gasteiger partial charge on any atom is 0.250 e. The van der Waals surface area contributed by atoms with E-state index in [1.165, 1.54) is 0 Å². The molecule has 5 rings (SSSR count). The minimum absolute atomic E-state index is 0.0710. The van der Waals surface area contributed by atoms with E-state index in [0.717, 1.165) is 12.0 Å². The summed E-state index contributed by atoms with van der Waals surface area (Å²) in [5.74, 6) is -1.61. The van der Waals surface area contributed by atoms with Crippen molar-refractivity contribution < 1.29 is 29.0 Å². The SMILES string of the molecule is COc1ccc(NC(=O)C2N(CCCCCO)C(=O)[C@@H]3[C@H](C(=O)NCc4ccccc4)[C@H]4OC23CC4Br)cc1. The van der Waals surface area contributed by atoms with Crippen LogP contribution in [0.15, 0.2) is 54.6 Å². The van der Waals surface area contributed by atoms with Crippen molar-refractivity contribution in [2.24, 2.45) is 11.8 Å². The maximum atomic E-state index is 14.0. The highest BCUT2D eigenvalue weighted by atomic mass is 79.9. The van der Waals surface area contributed by atoms with Crippen molar-refractivity contribution in [3.8, 4) is 5.75 Å². The summed E-state index contributed by atoms with van der Waals surface area (Å²) in [5.41, 5.74) is 0.423. The maximum absolute atomic E-state index is 14.0. The molecule has 3 N–H and O–H groups in total. The van der Waals surface area contributed by atoms with Crippen molar-refractivity contribution in [1.82, 2.24) is 10.2 Å². The van der Waals surface area contributed by atoms with Gasteiger partial charge in [-0.3, -0.25) is 14.4 Å². The van der Waals surface area contributed by atoms with Gasteiger partial charge in [-0.25, -0.2) is 0 Å². The van der Waals surface area contributed by atoms with Gasteiger partial charge in [0.05, 0.1) is 25.0 Å². The van der Waals surface area contributed by atoms with Crippen LogP contribution in [-0.4, -0.2) is 70.6 Å². The number of unbranched alkanes of at least 4 members (excludes halogenated alkanes) is 2. The predicted octanol–water partition coefficient (Wildman–Crippen LogP) is 2.86. The normalized spacial score (nSPS) is 28.8. The Morgan fingerprint density at radius 1 is 1.10 bits per heavy atom. The standard InChI is InChI=1S/C29H34BrN3O6/c1-38-20-12-10-19(11-13-20)32-27(36)25-29-16-21(30)24(39-29)22(26(35)31-17-18-8-4-2-5-9-18)23(29)28(37)33(25)14-6-3-7-15-34/h2,4-5,8-13,21-25,34H,3,6-7,14-17H2,1H3,(H,31,35)(H,32,36)/t21?,22-,23-,24-,25?,29?/m0/s1. The number of aliphatic hydroxyl groups excluding tert-OH is 1. The van der Waals surface area contributed by atoms with Crippen LogP contribution in [0.2, 0.25) is 0 Å². The van der Waals surface area contributed by atoms with E-state index in [-0.39, 0.29) is 29.2 Å². The van der Waals surface area contributed by atoms with Gasteiger partial charge in [0, 0.05) is 30.2 Å². The fourth-order valence-corrected chi connectivity index (χ4v) is 7.27. The zero-order valence-corrected chi connectivity index (χ0v) is 23.4. The van der Waals surface area contributed by atoms with Crippen LogP contribution in [0.1, 0.15) is 31.2 Å². The molecule has 3 aliphatic rings. The number of fused-ring (bicyclic) bond motifs is 1. The lowest BCUT2D eigenvalue weighted by Gasteiger charge is -2.34. The number of hydrogen-bond acceptors (Lipinski definition) is 6. The number of nitrogens with one attached hydrogen (secondary N) is 2. The number of benzene rings is 2. The van der Waals surface area contributed by atoms with Gasteiger partial charge in [0.15, 0.2) is 0 Å². The summed E-state index contributed by atoms with van der Waals surface area (Å²) in [6.45, 7) is 0.759. The van der Waals surface area contributed by atoms with Crippen LogP contribution in [0.5, 0.6) is 5.75 Å². The number of alkyl halides is 1. The second-order valence-corrected chi connectivity index (χ2v) is 11.6. The Labute approximate surface area is 236 Å². The number of likely N-dealkylation sites (tertiary alicyclic amines) is 1. The fraction of sp³-hybridized carbons (Fsp3) is 0.483. The summed E-state index contributed by atoms with van der Waals surface area (Å²) in [4.78, 5) is 42.8. The number of carbonyl (C=O) groups is 3. The molecule has 9 nitrogen and oxygen atoms in total. The first kappa shape index (κ1) is 27.6. The summed E-state index contributed by atoms with van der Waals surface area (Å²) in [6.07, 6.45) is 1.91. The van der Waals surface area contributed by atoms with E-state index in [9.17, 15) is 19.5 Å². The monoisotopic (exact) mass is 599 g/mol. The van der Waals surface area contributed by atoms with Crippen LogP contribution >= 0.6 is 15.9 Å². The van der Waals surface area contributed by atoms with E-state index < -0.39 is 29.6 Å². The van der Waals surface area contributed by atoms with Gasteiger partial charge in [0.25, 0.3) is 0 Å². The van der Waals surface area contributed by atoms with Gasteiger partial charge >= 0.3 is 0 Å². The minimum Gasteiger partial charge on any atom is -0.497 e. The van der Waals surface area contributed by atoms with Crippen molar-refractivity contribution in [3.63, 3.8) is 0 Å². The average Bonchev–Trinajstić information content (AvgIpc) is 3.54.